The molecule has 0 saturated heterocycles. The molecule has 2 rings (SSSR count). The van der Waals surface area contributed by atoms with E-state index in [1.165, 1.54) is 5.56 Å². The summed E-state index contributed by atoms with van der Waals surface area (Å²) in [6, 6.07) is 18.2. The molecule has 0 spiro atoms. The molecule has 0 amide bonds. The van der Waals surface area contributed by atoms with Crippen LogP contribution in [-0.4, -0.2) is 0 Å². The highest BCUT2D eigenvalue weighted by Crippen LogP contribution is 2.04. The van der Waals surface area contributed by atoms with Gasteiger partial charge in [-0.2, -0.15) is 12.1 Å². The van der Waals surface area contributed by atoms with Crippen LogP contribution in [0.25, 0.3) is 6.08 Å². The van der Waals surface area contributed by atoms with Crippen LogP contribution < -0.4 is 0 Å². The second kappa shape index (κ2) is 5.11. The van der Waals surface area contributed by atoms with E-state index in [4.69, 9.17) is 4.74 Å². The summed E-state index contributed by atoms with van der Waals surface area (Å²) in [6.45, 7) is 0.635. The molecule has 0 atom stereocenters. The van der Waals surface area contributed by atoms with Crippen molar-refractivity contribution in [2.45, 2.75) is 6.61 Å². The molecule has 1 nitrogen and oxygen atoms in total. The largest absolute Gasteiger partial charge is 0.499 e. The summed E-state index contributed by atoms with van der Waals surface area (Å²) >= 11 is 0. The van der Waals surface area contributed by atoms with Gasteiger partial charge in [0, 0.05) is 0 Å². The highest BCUT2D eigenvalue weighted by molar-refractivity contribution is 5.47. The fraction of sp³-hybridized carbons (Fsp3) is 0.0714. The fourth-order valence-corrected chi connectivity index (χ4v) is 1.35. The highest BCUT2D eigenvalue weighted by atomic mass is 16.5. The van der Waals surface area contributed by atoms with E-state index in [2.05, 4.69) is 12.1 Å². The summed E-state index contributed by atoms with van der Waals surface area (Å²) in [7, 11) is 0. The smallest absolute Gasteiger partial charge is 0.0896 e. The molecule has 0 aliphatic heterocycles. The van der Waals surface area contributed by atoms with E-state index < -0.39 is 0 Å². The van der Waals surface area contributed by atoms with Crippen molar-refractivity contribution in [3.63, 3.8) is 0 Å². The normalized spacial score (nSPS) is 10.7. The first-order valence-corrected chi connectivity index (χ1v) is 4.99. The fourth-order valence-electron chi connectivity index (χ4n) is 1.35. The number of rotatable bonds is 4. The summed E-state index contributed by atoms with van der Waals surface area (Å²) in [5.41, 5.74) is 2.35. The molecule has 0 aliphatic carbocycles. The van der Waals surface area contributed by atoms with Crippen LogP contribution in [-0.2, 0) is 11.3 Å². The maximum atomic E-state index is 5.40. The van der Waals surface area contributed by atoms with Crippen molar-refractivity contribution in [3.05, 3.63) is 72.0 Å². The Balaban J connectivity index is 1.81. The van der Waals surface area contributed by atoms with Crippen LogP contribution >= 0.6 is 0 Å². The number of hydrogen-bond acceptors (Lipinski definition) is 1. The standard InChI is InChI=1S/C14H13O/c1-2-6-13(7-3-1)10-11-15-12-14-8-4-5-9-14/h1-11H,12H2/q-1. The minimum atomic E-state index is 0.635. The van der Waals surface area contributed by atoms with Gasteiger partial charge in [0.15, 0.2) is 0 Å². The van der Waals surface area contributed by atoms with Crippen LogP contribution in [0.3, 0.4) is 0 Å². The first kappa shape index (κ1) is 9.66. The van der Waals surface area contributed by atoms with Crippen LogP contribution in [0.1, 0.15) is 11.1 Å². The summed E-state index contributed by atoms with van der Waals surface area (Å²) < 4.78 is 5.40. The van der Waals surface area contributed by atoms with E-state index >= 15 is 0 Å². The van der Waals surface area contributed by atoms with Crippen molar-refractivity contribution in [2.75, 3.05) is 0 Å². The third-order valence-corrected chi connectivity index (χ3v) is 2.14. The molecule has 2 aromatic carbocycles. The van der Waals surface area contributed by atoms with Crippen molar-refractivity contribution >= 4 is 6.08 Å². The van der Waals surface area contributed by atoms with Crippen molar-refractivity contribution in [3.8, 4) is 0 Å². The van der Waals surface area contributed by atoms with Crippen molar-refractivity contribution in [1.82, 2.24) is 0 Å². The van der Waals surface area contributed by atoms with E-state index in [9.17, 15) is 0 Å². The van der Waals surface area contributed by atoms with Gasteiger partial charge in [0.25, 0.3) is 0 Å². The molecule has 1 heteroatoms. The predicted octanol–water partition coefficient (Wildman–Crippen LogP) is 3.59. The van der Waals surface area contributed by atoms with Crippen LogP contribution in [0.5, 0.6) is 0 Å². The van der Waals surface area contributed by atoms with E-state index in [0.717, 1.165) is 5.56 Å². The van der Waals surface area contributed by atoms with Crippen LogP contribution in [0.4, 0.5) is 0 Å². The maximum Gasteiger partial charge on any atom is 0.0896 e. The topological polar surface area (TPSA) is 9.23 Å². The minimum Gasteiger partial charge on any atom is -0.499 e. The summed E-state index contributed by atoms with van der Waals surface area (Å²) in [4.78, 5) is 0. The molecule has 0 heterocycles. The molecular formula is C14H13O-. The lowest BCUT2D eigenvalue weighted by Crippen LogP contribution is -1.81. The Morgan fingerprint density at radius 1 is 1.07 bits per heavy atom. The molecule has 0 aliphatic rings. The van der Waals surface area contributed by atoms with Crippen LogP contribution in [0, 0.1) is 0 Å². The van der Waals surface area contributed by atoms with Gasteiger partial charge in [0.05, 0.1) is 12.9 Å². The van der Waals surface area contributed by atoms with E-state index in [1.54, 1.807) is 6.26 Å². The highest BCUT2D eigenvalue weighted by Gasteiger charge is 1.84. The van der Waals surface area contributed by atoms with E-state index in [-0.39, 0.29) is 0 Å². The van der Waals surface area contributed by atoms with Gasteiger partial charge in [-0.05, 0) is 11.6 Å². The molecule has 0 saturated carbocycles. The van der Waals surface area contributed by atoms with Crippen molar-refractivity contribution < 1.29 is 4.74 Å². The van der Waals surface area contributed by atoms with Gasteiger partial charge in [-0.1, -0.05) is 30.3 Å². The molecule has 0 radical (unpaired) electrons. The van der Waals surface area contributed by atoms with Gasteiger partial charge < -0.3 is 4.74 Å². The second-order valence-electron chi connectivity index (χ2n) is 3.32. The van der Waals surface area contributed by atoms with Gasteiger partial charge >= 0.3 is 0 Å². The third-order valence-electron chi connectivity index (χ3n) is 2.14. The quantitative estimate of drug-likeness (QED) is 0.537. The van der Waals surface area contributed by atoms with Gasteiger partial charge in [-0.25, -0.2) is 12.1 Å². The zero-order valence-electron chi connectivity index (χ0n) is 8.47. The number of ether oxygens (including phenoxy) is 1. The SMILES string of the molecule is C(=Cc1ccccc1)OCc1ccc[cH-]1. The maximum absolute atomic E-state index is 5.40. The number of hydrogen-bond donors (Lipinski definition) is 0. The average molecular weight is 197 g/mol. The monoisotopic (exact) mass is 197 g/mol. The Bertz CT molecular complexity index is 398. The zero-order valence-corrected chi connectivity index (χ0v) is 8.47. The summed E-state index contributed by atoms with van der Waals surface area (Å²) in [6.07, 6.45) is 3.70. The van der Waals surface area contributed by atoms with Crippen molar-refractivity contribution in [1.29, 1.82) is 0 Å². The average Bonchev–Trinajstić information content (AvgIpc) is 2.79. The van der Waals surface area contributed by atoms with Crippen molar-refractivity contribution in [2.24, 2.45) is 0 Å². The Hall–Kier alpha value is -1.89. The Kier molecular flexibility index (Phi) is 3.29. The second-order valence-corrected chi connectivity index (χ2v) is 3.32. The Labute approximate surface area is 90.0 Å². The summed E-state index contributed by atoms with van der Waals surface area (Å²) in [5, 5.41) is 0. The lowest BCUT2D eigenvalue weighted by Gasteiger charge is -2.01. The summed E-state index contributed by atoms with van der Waals surface area (Å²) in [5.74, 6) is 0. The van der Waals surface area contributed by atoms with Gasteiger partial charge in [-0.3, -0.25) is 0 Å². The Morgan fingerprint density at radius 2 is 1.93 bits per heavy atom. The van der Waals surface area contributed by atoms with E-state index in [1.807, 2.05) is 48.5 Å². The lowest BCUT2D eigenvalue weighted by atomic mass is 10.2. The third kappa shape index (κ3) is 3.06. The first-order valence-electron chi connectivity index (χ1n) is 4.99. The number of benzene rings is 1. The Morgan fingerprint density at radius 3 is 2.67 bits per heavy atom. The first-order chi connectivity index (χ1) is 7.45. The molecule has 15 heavy (non-hydrogen) atoms. The molecule has 0 fully saturated rings. The molecular weight excluding hydrogens is 184 g/mol. The molecule has 76 valence electrons. The van der Waals surface area contributed by atoms with Crippen LogP contribution in [0.15, 0.2) is 60.9 Å². The van der Waals surface area contributed by atoms with Gasteiger partial charge in [-0.15, -0.1) is 5.56 Å². The molecule has 0 N–H and O–H groups in total. The molecule has 0 unspecified atom stereocenters. The minimum absolute atomic E-state index is 0.635. The molecule has 0 bridgehead atoms. The zero-order chi connectivity index (χ0) is 10.3. The molecule has 2 aromatic rings. The van der Waals surface area contributed by atoms with Crippen LogP contribution in [0.2, 0.25) is 0 Å². The lowest BCUT2D eigenvalue weighted by molar-refractivity contribution is 0.239. The van der Waals surface area contributed by atoms with Gasteiger partial charge in [0.2, 0.25) is 0 Å². The predicted molar refractivity (Wildman–Crippen MR) is 62.3 cm³/mol. The molecule has 0 aromatic heterocycles. The van der Waals surface area contributed by atoms with E-state index in [0.29, 0.717) is 6.61 Å². The van der Waals surface area contributed by atoms with Gasteiger partial charge in [0.1, 0.15) is 0 Å².